The molecular weight excluding hydrogens is 437 g/mol. The van der Waals surface area contributed by atoms with Crippen LogP contribution in [0.2, 0.25) is 0 Å². The highest BCUT2D eigenvalue weighted by Gasteiger charge is 2.26. The summed E-state index contributed by atoms with van der Waals surface area (Å²) in [5.41, 5.74) is 7.10. The number of anilines is 1. The van der Waals surface area contributed by atoms with E-state index < -0.39 is 6.04 Å². The fourth-order valence-corrected chi connectivity index (χ4v) is 3.60. The largest absolute Gasteiger partial charge is 0.381 e. The van der Waals surface area contributed by atoms with Gasteiger partial charge in [0, 0.05) is 52.1 Å². The first-order valence-electron chi connectivity index (χ1n) is 9.70. The topological polar surface area (TPSA) is 83.7 Å². The van der Waals surface area contributed by atoms with Crippen molar-refractivity contribution in [2.75, 3.05) is 50.8 Å². The number of aromatic nitrogens is 1. The normalized spacial score (nSPS) is 18.6. The summed E-state index contributed by atoms with van der Waals surface area (Å²) in [6.45, 7) is 9.36. The molecule has 3 rings (SSSR count). The molecule has 2 aliphatic rings. The van der Waals surface area contributed by atoms with Gasteiger partial charge in [-0.05, 0) is 36.9 Å². The van der Waals surface area contributed by atoms with Crippen molar-refractivity contribution in [1.82, 2.24) is 15.2 Å². The van der Waals surface area contributed by atoms with E-state index >= 15 is 0 Å². The summed E-state index contributed by atoms with van der Waals surface area (Å²) in [4.78, 5) is 21.6. The second-order valence-electron chi connectivity index (χ2n) is 7.14. The molecule has 0 radical (unpaired) electrons. The number of piperazine rings is 1. The van der Waals surface area contributed by atoms with Gasteiger partial charge in [-0.25, -0.2) is 4.98 Å². The summed E-state index contributed by atoms with van der Waals surface area (Å²) >= 11 is 0. The number of hydrogen-bond acceptors (Lipinski definition) is 6. The number of rotatable bonds is 6. The van der Waals surface area contributed by atoms with Crippen LogP contribution < -0.4 is 16.0 Å². The smallest absolute Gasteiger partial charge is 0.237 e. The van der Waals surface area contributed by atoms with Crippen molar-refractivity contribution < 1.29 is 9.53 Å². The molecule has 1 aromatic rings. The van der Waals surface area contributed by atoms with Crippen molar-refractivity contribution >= 4 is 48.9 Å². The van der Waals surface area contributed by atoms with E-state index in [1.54, 1.807) is 0 Å². The molecule has 1 amide bonds. The third-order valence-corrected chi connectivity index (χ3v) is 5.50. The highest BCUT2D eigenvalue weighted by molar-refractivity contribution is 5.86. The fraction of sp³-hybridized carbons (Fsp3) is 0.684. The van der Waals surface area contributed by atoms with Crippen LogP contribution in [0.25, 0.3) is 0 Å². The van der Waals surface area contributed by atoms with Gasteiger partial charge in [0.1, 0.15) is 5.82 Å². The summed E-state index contributed by atoms with van der Waals surface area (Å²) in [7, 11) is 0. The second kappa shape index (κ2) is 14.2. The molecule has 3 heterocycles. The van der Waals surface area contributed by atoms with E-state index in [0.717, 1.165) is 56.9 Å². The van der Waals surface area contributed by atoms with Crippen molar-refractivity contribution in [2.45, 2.75) is 32.4 Å². The van der Waals surface area contributed by atoms with Crippen LogP contribution in [0.3, 0.4) is 0 Å². The van der Waals surface area contributed by atoms with Crippen molar-refractivity contribution in [2.24, 2.45) is 11.7 Å². The molecule has 2 aliphatic heterocycles. The maximum Gasteiger partial charge on any atom is 0.237 e. The predicted octanol–water partition coefficient (Wildman–Crippen LogP) is 1.86. The predicted molar refractivity (Wildman–Crippen MR) is 124 cm³/mol. The SMILES string of the molecule is CCN1CCN(c2ccc(CNC(=O)C(N)C3CCOCC3)cn2)CC1.Cl.Cl.Cl. The molecule has 1 unspecified atom stereocenters. The standard InChI is InChI=1S/C19H31N5O2.3ClH/c1-2-23-7-9-24(10-8-23)17-4-3-15(13-21-17)14-22-19(25)18(20)16-5-11-26-12-6-16;;;/h3-4,13,16,18H,2,5-12,14,20H2,1H3,(H,22,25);3*1H. The number of nitrogens with one attached hydrogen (secondary N) is 1. The first-order valence-corrected chi connectivity index (χ1v) is 9.70. The monoisotopic (exact) mass is 469 g/mol. The van der Waals surface area contributed by atoms with Crippen molar-refractivity contribution in [3.05, 3.63) is 23.9 Å². The van der Waals surface area contributed by atoms with Crippen LogP contribution in [-0.4, -0.2) is 67.8 Å². The van der Waals surface area contributed by atoms with Gasteiger partial charge in [-0.3, -0.25) is 4.79 Å². The molecule has 29 heavy (non-hydrogen) atoms. The average Bonchev–Trinajstić information content (AvgIpc) is 2.72. The molecule has 0 aromatic carbocycles. The summed E-state index contributed by atoms with van der Waals surface area (Å²) in [6, 6.07) is 3.62. The number of pyridine rings is 1. The molecule has 0 spiro atoms. The summed E-state index contributed by atoms with van der Waals surface area (Å²) in [5.74, 6) is 1.14. The first-order chi connectivity index (χ1) is 12.7. The number of nitrogens with zero attached hydrogens (tertiary/aromatic N) is 3. The molecule has 7 nitrogen and oxygen atoms in total. The molecule has 1 aromatic heterocycles. The Balaban J connectivity index is 0.00000261. The zero-order valence-corrected chi connectivity index (χ0v) is 19.4. The maximum absolute atomic E-state index is 12.3. The molecule has 168 valence electrons. The van der Waals surface area contributed by atoms with E-state index in [2.05, 4.69) is 27.0 Å². The van der Waals surface area contributed by atoms with Gasteiger partial charge in [-0.1, -0.05) is 13.0 Å². The number of likely N-dealkylation sites (N-methyl/N-ethyl adjacent to an activating group) is 1. The maximum atomic E-state index is 12.3. The number of nitrogens with two attached hydrogens (primary N) is 1. The van der Waals surface area contributed by atoms with Crippen LogP contribution in [0, 0.1) is 5.92 Å². The minimum atomic E-state index is -0.457. The van der Waals surface area contributed by atoms with Crippen molar-refractivity contribution in [3.63, 3.8) is 0 Å². The molecular formula is C19H34Cl3N5O2. The Morgan fingerprint density at radius 3 is 2.41 bits per heavy atom. The third kappa shape index (κ3) is 8.07. The number of ether oxygens (including phenoxy) is 1. The molecule has 0 saturated carbocycles. The number of carbonyl (C=O) groups excluding carboxylic acids is 1. The lowest BCUT2D eigenvalue weighted by molar-refractivity contribution is -0.124. The molecule has 0 bridgehead atoms. The molecule has 1 atom stereocenters. The molecule has 0 aliphatic carbocycles. The summed E-state index contributed by atoms with van der Waals surface area (Å²) in [5, 5.41) is 2.94. The Hall–Kier alpha value is -0.830. The van der Waals surface area contributed by atoms with Gasteiger partial charge >= 0.3 is 0 Å². The molecule has 10 heteroatoms. The van der Waals surface area contributed by atoms with Gasteiger partial charge in [0.25, 0.3) is 0 Å². The average molecular weight is 471 g/mol. The highest BCUT2D eigenvalue weighted by atomic mass is 35.5. The van der Waals surface area contributed by atoms with Gasteiger partial charge in [0.2, 0.25) is 5.91 Å². The van der Waals surface area contributed by atoms with E-state index in [9.17, 15) is 4.79 Å². The van der Waals surface area contributed by atoms with Crippen molar-refractivity contribution in [3.8, 4) is 0 Å². The summed E-state index contributed by atoms with van der Waals surface area (Å²) in [6.07, 6.45) is 3.56. The van der Waals surface area contributed by atoms with E-state index in [1.807, 2.05) is 18.3 Å². The second-order valence-corrected chi connectivity index (χ2v) is 7.14. The number of amides is 1. The van der Waals surface area contributed by atoms with Crippen LogP contribution >= 0.6 is 37.2 Å². The van der Waals surface area contributed by atoms with Gasteiger partial charge in [-0.2, -0.15) is 0 Å². The van der Waals surface area contributed by atoms with E-state index in [4.69, 9.17) is 10.5 Å². The van der Waals surface area contributed by atoms with Gasteiger partial charge in [0.05, 0.1) is 6.04 Å². The Bertz CT molecular complexity index is 580. The fourth-order valence-electron chi connectivity index (χ4n) is 3.60. The zero-order chi connectivity index (χ0) is 18.4. The third-order valence-electron chi connectivity index (χ3n) is 5.50. The first kappa shape index (κ1) is 28.2. The lowest BCUT2D eigenvalue weighted by atomic mass is 9.92. The number of carbonyl (C=O) groups is 1. The Labute approximate surface area is 192 Å². The minimum Gasteiger partial charge on any atom is -0.381 e. The molecule has 3 N–H and O–H groups in total. The van der Waals surface area contributed by atoms with E-state index in [-0.39, 0.29) is 49.0 Å². The van der Waals surface area contributed by atoms with Crippen LogP contribution in [0.4, 0.5) is 5.82 Å². The van der Waals surface area contributed by atoms with Crippen molar-refractivity contribution in [1.29, 1.82) is 0 Å². The quantitative estimate of drug-likeness (QED) is 0.660. The van der Waals surface area contributed by atoms with E-state index in [0.29, 0.717) is 19.8 Å². The van der Waals surface area contributed by atoms with Gasteiger partial charge in [0.15, 0.2) is 0 Å². The Kier molecular flexibility index (Phi) is 13.8. The van der Waals surface area contributed by atoms with Gasteiger partial charge in [-0.15, -0.1) is 37.2 Å². The van der Waals surface area contributed by atoms with E-state index in [1.165, 1.54) is 0 Å². The van der Waals surface area contributed by atoms with Crippen LogP contribution in [-0.2, 0) is 16.1 Å². The lowest BCUT2D eigenvalue weighted by Crippen LogP contribution is -2.47. The van der Waals surface area contributed by atoms with Crippen LogP contribution in [0.5, 0.6) is 0 Å². The Morgan fingerprint density at radius 1 is 1.21 bits per heavy atom. The van der Waals surface area contributed by atoms with Gasteiger partial charge < -0.3 is 25.6 Å². The zero-order valence-electron chi connectivity index (χ0n) is 16.9. The minimum absolute atomic E-state index is 0. The summed E-state index contributed by atoms with van der Waals surface area (Å²) < 4.78 is 5.33. The molecule has 2 saturated heterocycles. The Morgan fingerprint density at radius 2 is 1.86 bits per heavy atom. The highest BCUT2D eigenvalue weighted by Crippen LogP contribution is 2.18. The number of halogens is 3. The lowest BCUT2D eigenvalue weighted by Gasteiger charge is -2.34. The number of hydrogen-bond donors (Lipinski definition) is 2. The van der Waals surface area contributed by atoms with Crippen LogP contribution in [0.15, 0.2) is 18.3 Å². The van der Waals surface area contributed by atoms with Crippen LogP contribution in [0.1, 0.15) is 25.3 Å². The molecule has 2 fully saturated rings.